The third-order valence-corrected chi connectivity index (χ3v) is 6.95. The van der Waals surface area contributed by atoms with Gasteiger partial charge in [0.05, 0.1) is 19.0 Å². The minimum Gasteiger partial charge on any atom is -0.379 e. The summed E-state index contributed by atoms with van der Waals surface area (Å²) in [4.78, 5) is 12.1. The summed E-state index contributed by atoms with van der Waals surface area (Å²) in [7, 11) is -3.43. The number of sulfonamides is 1. The summed E-state index contributed by atoms with van der Waals surface area (Å²) in [5.41, 5.74) is 2.55. The van der Waals surface area contributed by atoms with Gasteiger partial charge in [-0.05, 0) is 35.2 Å². The van der Waals surface area contributed by atoms with Crippen LogP contribution in [0.1, 0.15) is 16.7 Å². The summed E-state index contributed by atoms with van der Waals surface area (Å²) in [6, 6.07) is 14.4. The molecule has 0 aromatic heterocycles. The zero-order valence-corrected chi connectivity index (χ0v) is 18.2. The lowest BCUT2D eigenvalue weighted by atomic mass is 10.1. The van der Waals surface area contributed by atoms with Gasteiger partial charge >= 0.3 is 6.03 Å². The molecule has 0 atom stereocenters. The van der Waals surface area contributed by atoms with Crippen molar-refractivity contribution in [2.75, 3.05) is 32.8 Å². The van der Waals surface area contributed by atoms with Gasteiger partial charge in [-0.2, -0.15) is 4.31 Å². The molecule has 1 aliphatic rings. The smallest absolute Gasteiger partial charge is 0.315 e. The second-order valence-electron chi connectivity index (χ2n) is 7.02. The number of urea groups is 1. The first-order valence-electron chi connectivity index (χ1n) is 9.82. The first-order valence-corrected chi connectivity index (χ1v) is 11.8. The van der Waals surface area contributed by atoms with E-state index in [1.165, 1.54) is 4.31 Å². The zero-order chi connectivity index (χ0) is 21.4. The van der Waals surface area contributed by atoms with Crippen LogP contribution < -0.4 is 10.6 Å². The lowest BCUT2D eigenvalue weighted by Crippen LogP contribution is -2.41. The van der Waals surface area contributed by atoms with E-state index in [9.17, 15) is 13.2 Å². The minimum absolute atomic E-state index is 0.0942. The van der Waals surface area contributed by atoms with Crippen molar-refractivity contribution in [3.63, 3.8) is 0 Å². The van der Waals surface area contributed by atoms with Crippen molar-refractivity contribution in [3.05, 3.63) is 70.2 Å². The Morgan fingerprint density at radius 3 is 2.37 bits per heavy atom. The van der Waals surface area contributed by atoms with Crippen LogP contribution in [0.3, 0.4) is 0 Å². The summed E-state index contributed by atoms with van der Waals surface area (Å²) < 4.78 is 32.1. The molecule has 1 saturated heterocycles. The largest absolute Gasteiger partial charge is 0.379 e. The molecule has 2 N–H and O–H groups in total. The van der Waals surface area contributed by atoms with Gasteiger partial charge in [0.1, 0.15) is 0 Å². The highest BCUT2D eigenvalue weighted by Gasteiger charge is 2.25. The average Bonchev–Trinajstić information content (AvgIpc) is 2.75. The second kappa shape index (κ2) is 10.8. The number of nitrogens with zero attached hydrogens (tertiary/aromatic N) is 1. The Morgan fingerprint density at radius 1 is 1.00 bits per heavy atom. The number of hydrogen-bond donors (Lipinski definition) is 2. The van der Waals surface area contributed by atoms with Crippen molar-refractivity contribution >= 4 is 27.7 Å². The predicted molar refractivity (Wildman–Crippen MR) is 117 cm³/mol. The molecule has 1 heterocycles. The fourth-order valence-corrected chi connectivity index (χ4v) is 4.88. The normalized spacial score (nSPS) is 15.0. The van der Waals surface area contributed by atoms with Crippen LogP contribution in [-0.2, 0) is 33.5 Å². The van der Waals surface area contributed by atoms with Crippen LogP contribution in [0.4, 0.5) is 4.79 Å². The number of benzene rings is 2. The third-order valence-electron chi connectivity index (χ3n) is 4.87. The maximum Gasteiger partial charge on any atom is 0.315 e. The van der Waals surface area contributed by atoms with Gasteiger partial charge in [0.25, 0.3) is 0 Å². The molecule has 0 aliphatic carbocycles. The van der Waals surface area contributed by atoms with E-state index in [0.29, 0.717) is 49.9 Å². The van der Waals surface area contributed by atoms with Crippen LogP contribution in [0.2, 0.25) is 5.02 Å². The number of carbonyl (C=O) groups excluding carboxylic acids is 1. The van der Waals surface area contributed by atoms with Crippen molar-refractivity contribution in [2.24, 2.45) is 0 Å². The lowest BCUT2D eigenvalue weighted by Gasteiger charge is -2.26. The molecule has 9 heteroatoms. The van der Waals surface area contributed by atoms with Crippen LogP contribution >= 0.6 is 11.6 Å². The van der Waals surface area contributed by atoms with E-state index in [4.69, 9.17) is 16.3 Å². The molecule has 2 aromatic rings. The summed E-state index contributed by atoms with van der Waals surface area (Å²) >= 11 is 5.87. The molecule has 3 rings (SSSR count). The van der Waals surface area contributed by atoms with Crippen LogP contribution in [0.25, 0.3) is 0 Å². The Hall–Kier alpha value is -2.13. The molecule has 2 aromatic carbocycles. The number of ether oxygens (including phenoxy) is 1. The third kappa shape index (κ3) is 6.70. The SMILES string of the molecule is O=C(NCCc1ccc(Cl)cc1)NCc1ccccc1CS(=O)(=O)N1CCOCC1. The van der Waals surface area contributed by atoms with Gasteiger partial charge in [-0.3, -0.25) is 0 Å². The molecular formula is C21H26ClN3O4S. The number of halogens is 1. The van der Waals surface area contributed by atoms with E-state index in [1.54, 1.807) is 12.1 Å². The van der Waals surface area contributed by atoms with Crippen LogP contribution in [0, 0.1) is 0 Å². The molecule has 162 valence electrons. The number of morpholine rings is 1. The molecule has 30 heavy (non-hydrogen) atoms. The van der Waals surface area contributed by atoms with Crippen LogP contribution in [0.5, 0.6) is 0 Å². The quantitative estimate of drug-likeness (QED) is 0.645. The number of carbonyl (C=O) groups is 1. The van der Waals surface area contributed by atoms with Crippen LogP contribution in [0.15, 0.2) is 48.5 Å². The highest BCUT2D eigenvalue weighted by atomic mass is 35.5. The first-order chi connectivity index (χ1) is 14.4. The topological polar surface area (TPSA) is 87.7 Å². The number of hydrogen-bond acceptors (Lipinski definition) is 4. The van der Waals surface area contributed by atoms with Crippen LogP contribution in [-0.4, -0.2) is 51.6 Å². The summed E-state index contributed by atoms with van der Waals surface area (Å²) in [6.07, 6.45) is 0.693. The standard InChI is InChI=1S/C21H26ClN3O4S/c22-20-7-5-17(6-8-20)9-10-23-21(26)24-15-18-3-1-2-4-19(18)16-30(27,28)25-11-13-29-14-12-25/h1-8H,9-16H2,(H2,23,24,26). The highest BCUT2D eigenvalue weighted by Crippen LogP contribution is 2.16. The van der Waals surface area contributed by atoms with Gasteiger partial charge in [-0.25, -0.2) is 13.2 Å². The Bertz CT molecular complexity index is 945. The predicted octanol–water partition coefficient (Wildman–Crippen LogP) is 2.54. The lowest BCUT2D eigenvalue weighted by molar-refractivity contribution is 0.0729. The van der Waals surface area contributed by atoms with E-state index >= 15 is 0 Å². The van der Waals surface area contributed by atoms with Crippen molar-refractivity contribution in [1.82, 2.24) is 14.9 Å². The maximum absolute atomic E-state index is 12.7. The molecular weight excluding hydrogens is 426 g/mol. The fourth-order valence-electron chi connectivity index (χ4n) is 3.19. The molecule has 1 aliphatic heterocycles. The molecule has 0 radical (unpaired) electrons. The molecule has 2 amide bonds. The number of rotatable bonds is 8. The summed E-state index contributed by atoms with van der Waals surface area (Å²) in [6.45, 7) is 2.32. The molecule has 7 nitrogen and oxygen atoms in total. The second-order valence-corrected chi connectivity index (χ2v) is 9.43. The maximum atomic E-state index is 12.7. The molecule has 1 fully saturated rings. The van der Waals surface area contributed by atoms with Gasteiger partial charge < -0.3 is 15.4 Å². The van der Waals surface area contributed by atoms with Crippen molar-refractivity contribution < 1.29 is 17.9 Å². The molecule has 0 spiro atoms. The van der Waals surface area contributed by atoms with E-state index < -0.39 is 10.0 Å². The van der Waals surface area contributed by atoms with E-state index in [0.717, 1.165) is 11.1 Å². The van der Waals surface area contributed by atoms with Gasteiger partial charge in [-0.15, -0.1) is 0 Å². The zero-order valence-electron chi connectivity index (χ0n) is 16.6. The van der Waals surface area contributed by atoms with Gasteiger partial charge in [0.15, 0.2) is 0 Å². The molecule has 0 saturated carbocycles. The highest BCUT2D eigenvalue weighted by molar-refractivity contribution is 7.88. The number of amides is 2. The van der Waals surface area contributed by atoms with E-state index in [2.05, 4.69) is 10.6 Å². The summed E-state index contributed by atoms with van der Waals surface area (Å²) in [5.74, 6) is -0.0942. The van der Waals surface area contributed by atoms with Crippen molar-refractivity contribution in [3.8, 4) is 0 Å². The van der Waals surface area contributed by atoms with Gasteiger partial charge in [0, 0.05) is 31.2 Å². The van der Waals surface area contributed by atoms with Crippen molar-refractivity contribution in [2.45, 2.75) is 18.7 Å². The first kappa shape index (κ1) is 22.6. The van der Waals surface area contributed by atoms with Gasteiger partial charge in [-0.1, -0.05) is 48.0 Å². The molecule has 0 bridgehead atoms. The summed E-state index contributed by atoms with van der Waals surface area (Å²) in [5, 5.41) is 6.29. The average molecular weight is 452 g/mol. The fraction of sp³-hybridized carbons (Fsp3) is 0.381. The van der Waals surface area contributed by atoms with Gasteiger partial charge in [0.2, 0.25) is 10.0 Å². The monoisotopic (exact) mass is 451 g/mol. The van der Waals surface area contributed by atoms with E-state index in [-0.39, 0.29) is 18.3 Å². The number of nitrogens with one attached hydrogen (secondary N) is 2. The Kier molecular flexibility index (Phi) is 8.09. The Labute approximate surface area is 182 Å². The van der Waals surface area contributed by atoms with E-state index in [1.807, 2.05) is 36.4 Å². The minimum atomic E-state index is -3.43. The Morgan fingerprint density at radius 2 is 1.67 bits per heavy atom. The Balaban J connectivity index is 1.50. The van der Waals surface area contributed by atoms with Crippen molar-refractivity contribution in [1.29, 1.82) is 0 Å². The molecule has 0 unspecified atom stereocenters.